The summed E-state index contributed by atoms with van der Waals surface area (Å²) in [5.41, 5.74) is 1.89. The lowest BCUT2D eigenvalue weighted by Crippen LogP contribution is -2.10. The molecule has 17 heavy (non-hydrogen) atoms. The maximum Gasteiger partial charge on any atom is 0.225 e. The van der Waals surface area contributed by atoms with Crippen LogP contribution >= 0.6 is 11.3 Å². The van der Waals surface area contributed by atoms with Gasteiger partial charge in [-0.1, -0.05) is 6.92 Å². The van der Waals surface area contributed by atoms with Gasteiger partial charge in [-0.3, -0.25) is 4.79 Å². The van der Waals surface area contributed by atoms with Crippen molar-refractivity contribution in [2.24, 2.45) is 0 Å². The number of aryl methyl sites for hydroxylation is 1. The molecule has 0 aliphatic carbocycles. The monoisotopic (exact) mass is 247 g/mol. The molecule has 2 heterocycles. The number of aromatic nitrogens is 2. The Labute approximate surface area is 104 Å². The number of pyridine rings is 1. The average Bonchev–Trinajstić information content (AvgIpc) is 2.77. The lowest BCUT2D eigenvalue weighted by atomic mass is 10.2. The summed E-state index contributed by atoms with van der Waals surface area (Å²) in [5.74, 6) is 0.544. The topological polar surface area (TPSA) is 54.9 Å². The summed E-state index contributed by atoms with van der Waals surface area (Å²) in [6.07, 6.45) is 2.18. The second-order valence-electron chi connectivity index (χ2n) is 3.59. The third-order valence-electron chi connectivity index (χ3n) is 2.27. The van der Waals surface area contributed by atoms with Gasteiger partial charge in [0, 0.05) is 23.6 Å². The molecule has 0 aliphatic rings. The highest BCUT2D eigenvalue weighted by Crippen LogP contribution is 2.21. The minimum atomic E-state index is -0.0326. The zero-order chi connectivity index (χ0) is 12.3. The van der Waals surface area contributed by atoms with Crippen LogP contribution in [0, 0.1) is 6.92 Å². The zero-order valence-electron chi connectivity index (χ0n) is 9.73. The number of thiazole rings is 1. The summed E-state index contributed by atoms with van der Waals surface area (Å²) in [5, 5.41) is 5.74. The van der Waals surface area contributed by atoms with Crippen LogP contribution in [0.1, 0.15) is 18.4 Å². The molecule has 1 amide bonds. The molecule has 1 N–H and O–H groups in total. The summed E-state index contributed by atoms with van der Waals surface area (Å²) in [6.45, 7) is 3.78. The second-order valence-corrected chi connectivity index (χ2v) is 4.65. The van der Waals surface area contributed by atoms with Gasteiger partial charge in [0.05, 0.1) is 10.7 Å². The number of carbonyl (C=O) groups is 1. The van der Waals surface area contributed by atoms with Gasteiger partial charge in [-0.15, -0.1) is 11.3 Å². The van der Waals surface area contributed by atoms with Crippen molar-refractivity contribution in [1.82, 2.24) is 9.97 Å². The molecule has 2 rings (SSSR count). The van der Waals surface area contributed by atoms with Gasteiger partial charge in [-0.05, 0) is 19.1 Å². The fourth-order valence-electron chi connectivity index (χ4n) is 1.35. The van der Waals surface area contributed by atoms with E-state index in [0.29, 0.717) is 12.2 Å². The Morgan fingerprint density at radius 2 is 2.29 bits per heavy atom. The molecule has 0 saturated carbocycles. The Bertz CT molecular complexity index is 519. The minimum Gasteiger partial charge on any atom is -0.311 e. The van der Waals surface area contributed by atoms with E-state index in [1.807, 2.05) is 25.3 Å². The molecule has 88 valence electrons. The maximum atomic E-state index is 11.2. The Morgan fingerprint density at radius 3 is 2.82 bits per heavy atom. The Morgan fingerprint density at radius 1 is 1.47 bits per heavy atom. The summed E-state index contributed by atoms with van der Waals surface area (Å²) in [6, 6.07) is 3.70. The third-order valence-corrected chi connectivity index (χ3v) is 3.04. The fraction of sp³-hybridized carbons (Fsp3) is 0.250. The Hall–Kier alpha value is -1.75. The summed E-state index contributed by atoms with van der Waals surface area (Å²) in [7, 11) is 0. The largest absolute Gasteiger partial charge is 0.311 e. The highest BCUT2D eigenvalue weighted by atomic mass is 32.1. The van der Waals surface area contributed by atoms with Crippen molar-refractivity contribution >= 4 is 23.1 Å². The van der Waals surface area contributed by atoms with Gasteiger partial charge in [-0.2, -0.15) is 0 Å². The second kappa shape index (κ2) is 5.05. The van der Waals surface area contributed by atoms with Crippen LogP contribution in [0.3, 0.4) is 0 Å². The van der Waals surface area contributed by atoms with Crippen LogP contribution < -0.4 is 5.32 Å². The molecule has 0 unspecified atom stereocenters. The molecule has 0 bridgehead atoms. The lowest BCUT2D eigenvalue weighted by molar-refractivity contribution is -0.115. The van der Waals surface area contributed by atoms with E-state index < -0.39 is 0 Å². The number of hydrogen-bond acceptors (Lipinski definition) is 4. The lowest BCUT2D eigenvalue weighted by Gasteiger charge is -2.02. The molecule has 0 saturated heterocycles. The van der Waals surface area contributed by atoms with Crippen molar-refractivity contribution in [3.8, 4) is 11.3 Å². The van der Waals surface area contributed by atoms with E-state index in [1.165, 1.54) is 0 Å². The summed E-state index contributed by atoms with van der Waals surface area (Å²) in [4.78, 5) is 19.7. The van der Waals surface area contributed by atoms with Crippen molar-refractivity contribution in [3.05, 3.63) is 28.7 Å². The predicted molar refractivity (Wildman–Crippen MR) is 69.0 cm³/mol. The first-order chi connectivity index (χ1) is 8.19. The van der Waals surface area contributed by atoms with Crippen LogP contribution in [0.25, 0.3) is 11.3 Å². The molecule has 0 radical (unpaired) electrons. The van der Waals surface area contributed by atoms with Crippen LogP contribution in [0.4, 0.5) is 5.82 Å². The number of hydrogen-bond donors (Lipinski definition) is 1. The third kappa shape index (κ3) is 2.88. The van der Waals surface area contributed by atoms with Crippen molar-refractivity contribution in [3.63, 3.8) is 0 Å². The number of anilines is 1. The van der Waals surface area contributed by atoms with Crippen molar-refractivity contribution in [2.45, 2.75) is 20.3 Å². The molecule has 0 spiro atoms. The van der Waals surface area contributed by atoms with Crippen molar-refractivity contribution in [2.75, 3.05) is 5.32 Å². The van der Waals surface area contributed by atoms with Gasteiger partial charge in [0.15, 0.2) is 0 Å². The summed E-state index contributed by atoms with van der Waals surface area (Å²) < 4.78 is 0. The normalized spacial score (nSPS) is 10.2. The molecule has 0 aromatic carbocycles. The molecular formula is C12H13N3OS. The molecule has 2 aromatic rings. The molecule has 4 nitrogen and oxygen atoms in total. The van der Waals surface area contributed by atoms with E-state index in [0.717, 1.165) is 16.3 Å². The SMILES string of the molecule is CCC(=O)Nc1ccc(-c2csc(C)n2)cn1. The van der Waals surface area contributed by atoms with Crippen LogP contribution in [0.5, 0.6) is 0 Å². The van der Waals surface area contributed by atoms with E-state index in [2.05, 4.69) is 15.3 Å². The standard InChI is InChI=1S/C12H13N3OS/c1-3-12(16)15-11-5-4-9(6-13-11)10-7-17-8(2)14-10/h4-7H,3H2,1-2H3,(H,13,15,16). The first-order valence-corrected chi connectivity index (χ1v) is 6.25. The number of nitrogens with one attached hydrogen (secondary N) is 1. The van der Waals surface area contributed by atoms with E-state index in [4.69, 9.17) is 0 Å². The van der Waals surface area contributed by atoms with E-state index in [1.54, 1.807) is 23.6 Å². The van der Waals surface area contributed by atoms with Crippen LogP contribution in [0.15, 0.2) is 23.7 Å². The number of rotatable bonds is 3. The number of carbonyl (C=O) groups excluding carboxylic acids is 1. The zero-order valence-corrected chi connectivity index (χ0v) is 10.5. The van der Waals surface area contributed by atoms with Gasteiger partial charge in [0.2, 0.25) is 5.91 Å². The van der Waals surface area contributed by atoms with Gasteiger partial charge < -0.3 is 5.32 Å². The van der Waals surface area contributed by atoms with Gasteiger partial charge in [-0.25, -0.2) is 9.97 Å². The quantitative estimate of drug-likeness (QED) is 0.907. The molecule has 0 atom stereocenters. The van der Waals surface area contributed by atoms with Gasteiger partial charge in [0.1, 0.15) is 5.82 Å². The van der Waals surface area contributed by atoms with E-state index in [9.17, 15) is 4.79 Å². The molecular weight excluding hydrogens is 234 g/mol. The van der Waals surface area contributed by atoms with Crippen LogP contribution in [-0.4, -0.2) is 15.9 Å². The Kier molecular flexibility index (Phi) is 3.49. The van der Waals surface area contributed by atoms with Crippen LogP contribution in [-0.2, 0) is 4.79 Å². The smallest absolute Gasteiger partial charge is 0.225 e. The first kappa shape index (κ1) is 11.7. The highest BCUT2D eigenvalue weighted by molar-refractivity contribution is 7.09. The van der Waals surface area contributed by atoms with Crippen molar-refractivity contribution < 1.29 is 4.79 Å². The van der Waals surface area contributed by atoms with Gasteiger partial charge >= 0.3 is 0 Å². The molecule has 2 aromatic heterocycles. The van der Waals surface area contributed by atoms with E-state index >= 15 is 0 Å². The number of amides is 1. The Balaban J connectivity index is 2.15. The average molecular weight is 247 g/mol. The summed E-state index contributed by atoms with van der Waals surface area (Å²) >= 11 is 1.61. The first-order valence-electron chi connectivity index (χ1n) is 5.37. The molecule has 0 fully saturated rings. The maximum absolute atomic E-state index is 11.2. The van der Waals surface area contributed by atoms with Crippen LogP contribution in [0.2, 0.25) is 0 Å². The van der Waals surface area contributed by atoms with Crippen molar-refractivity contribution in [1.29, 1.82) is 0 Å². The number of nitrogens with zero attached hydrogens (tertiary/aromatic N) is 2. The van der Waals surface area contributed by atoms with E-state index in [-0.39, 0.29) is 5.91 Å². The van der Waals surface area contributed by atoms with Gasteiger partial charge in [0.25, 0.3) is 0 Å². The predicted octanol–water partition coefficient (Wildman–Crippen LogP) is 2.86. The highest BCUT2D eigenvalue weighted by Gasteiger charge is 2.04. The fourth-order valence-corrected chi connectivity index (χ4v) is 1.97. The minimum absolute atomic E-state index is 0.0326. The molecule has 0 aliphatic heterocycles. The molecule has 5 heteroatoms.